The third kappa shape index (κ3) is 3.21. The number of aromatic nitrogens is 4. The lowest BCUT2D eigenvalue weighted by Crippen LogP contribution is -2.19. The molecule has 0 aliphatic heterocycles. The summed E-state index contributed by atoms with van der Waals surface area (Å²) in [6, 6.07) is 6.34. The van der Waals surface area contributed by atoms with Crippen LogP contribution < -0.4 is 0 Å². The second-order valence-electron chi connectivity index (χ2n) is 6.01. The topological polar surface area (TPSA) is 60.0 Å². The molecule has 0 amide bonds. The Bertz CT molecular complexity index is 837. The molecule has 6 nitrogen and oxygen atoms in total. The van der Waals surface area contributed by atoms with Gasteiger partial charge in [-0.1, -0.05) is 10.3 Å². The molecule has 0 bridgehead atoms. The maximum absolute atomic E-state index is 13.1. The number of benzene rings is 1. The van der Waals surface area contributed by atoms with Crippen molar-refractivity contribution in [2.75, 3.05) is 7.05 Å². The summed E-state index contributed by atoms with van der Waals surface area (Å²) in [5.74, 6) is -0.253. The Morgan fingerprint density at radius 1 is 1.04 bits per heavy atom. The second kappa shape index (κ2) is 6.52. The Balaban J connectivity index is 1.81. The zero-order chi connectivity index (χ0) is 17.3. The molecule has 3 aromatic rings. The van der Waals surface area contributed by atoms with Crippen LogP contribution in [-0.2, 0) is 13.1 Å². The van der Waals surface area contributed by atoms with Crippen molar-refractivity contribution in [1.82, 2.24) is 25.0 Å². The zero-order valence-electron chi connectivity index (χ0n) is 14.2. The van der Waals surface area contributed by atoms with E-state index in [0.29, 0.717) is 6.54 Å². The molecule has 0 aliphatic carbocycles. The predicted molar refractivity (Wildman–Crippen MR) is 87.2 cm³/mol. The molecule has 0 unspecified atom stereocenters. The Morgan fingerprint density at radius 3 is 2.38 bits per heavy atom. The van der Waals surface area contributed by atoms with Gasteiger partial charge in [-0.25, -0.2) is 13.7 Å². The maximum Gasteiger partial charge on any atom is 0.123 e. The summed E-state index contributed by atoms with van der Waals surface area (Å²) in [6.07, 6.45) is 0. The lowest BCUT2D eigenvalue weighted by atomic mass is 10.2. The average Bonchev–Trinajstić information content (AvgIpc) is 3.06. The summed E-state index contributed by atoms with van der Waals surface area (Å²) in [5, 5.41) is 12.3. The van der Waals surface area contributed by atoms with Gasteiger partial charge in [0, 0.05) is 24.3 Å². The smallest absolute Gasteiger partial charge is 0.123 e. The van der Waals surface area contributed by atoms with Gasteiger partial charge in [0.25, 0.3) is 0 Å². The third-order valence-electron chi connectivity index (χ3n) is 4.11. The molecule has 0 atom stereocenters. The molecular formula is C17H20FN5O. The van der Waals surface area contributed by atoms with Crippen molar-refractivity contribution >= 4 is 0 Å². The van der Waals surface area contributed by atoms with Crippen molar-refractivity contribution in [2.24, 2.45) is 0 Å². The first-order valence-corrected chi connectivity index (χ1v) is 7.73. The lowest BCUT2D eigenvalue weighted by Gasteiger charge is -2.15. The van der Waals surface area contributed by atoms with E-state index < -0.39 is 0 Å². The molecule has 0 spiro atoms. The van der Waals surface area contributed by atoms with Crippen LogP contribution in [0.4, 0.5) is 4.39 Å². The quantitative estimate of drug-likeness (QED) is 0.720. The Morgan fingerprint density at radius 2 is 1.75 bits per heavy atom. The normalized spacial score (nSPS) is 11.4. The van der Waals surface area contributed by atoms with E-state index in [9.17, 15) is 4.39 Å². The van der Waals surface area contributed by atoms with Gasteiger partial charge in [-0.3, -0.25) is 4.90 Å². The van der Waals surface area contributed by atoms with Crippen LogP contribution in [0.5, 0.6) is 0 Å². The van der Waals surface area contributed by atoms with Crippen LogP contribution in [0, 0.1) is 26.6 Å². The molecule has 0 saturated heterocycles. The van der Waals surface area contributed by atoms with Gasteiger partial charge in [0.15, 0.2) is 0 Å². The molecule has 2 aromatic heterocycles. The van der Waals surface area contributed by atoms with E-state index in [1.54, 1.807) is 12.1 Å². The largest absolute Gasteiger partial charge is 0.296 e. The van der Waals surface area contributed by atoms with Crippen LogP contribution in [-0.4, -0.2) is 32.0 Å². The fourth-order valence-electron chi connectivity index (χ4n) is 2.71. The Hall–Kier alpha value is -2.54. The highest BCUT2D eigenvalue weighted by molar-refractivity contribution is 5.37. The van der Waals surface area contributed by atoms with Crippen LogP contribution in [0.3, 0.4) is 0 Å². The number of nitrogens with zero attached hydrogens (tertiary/aromatic N) is 5. The standard InChI is InChI=1S/C17H20FN5O/c1-11-16(9-22(4)10-17-12(2)20-24-21-17)13(3)23(19-11)15-7-5-14(18)6-8-15/h5-8H,9-10H2,1-4H3. The Labute approximate surface area is 139 Å². The first-order chi connectivity index (χ1) is 11.5. The third-order valence-corrected chi connectivity index (χ3v) is 4.11. The van der Waals surface area contributed by atoms with E-state index in [0.717, 1.165) is 40.6 Å². The highest BCUT2D eigenvalue weighted by atomic mass is 19.1. The van der Waals surface area contributed by atoms with Crippen LogP contribution in [0.25, 0.3) is 5.69 Å². The number of hydrogen-bond donors (Lipinski definition) is 0. The van der Waals surface area contributed by atoms with Crippen LogP contribution in [0.1, 0.15) is 28.3 Å². The summed E-state index contributed by atoms with van der Waals surface area (Å²) in [4.78, 5) is 2.14. The first-order valence-electron chi connectivity index (χ1n) is 7.73. The minimum Gasteiger partial charge on any atom is -0.296 e. The van der Waals surface area contributed by atoms with Crippen molar-refractivity contribution in [3.63, 3.8) is 0 Å². The van der Waals surface area contributed by atoms with Gasteiger partial charge in [-0.15, -0.1) is 0 Å². The van der Waals surface area contributed by atoms with Crippen LogP contribution >= 0.6 is 0 Å². The van der Waals surface area contributed by atoms with E-state index in [2.05, 4.69) is 20.3 Å². The summed E-state index contributed by atoms with van der Waals surface area (Å²) in [5.41, 5.74) is 5.63. The van der Waals surface area contributed by atoms with Crippen LogP contribution in [0.2, 0.25) is 0 Å². The van der Waals surface area contributed by atoms with E-state index in [-0.39, 0.29) is 5.82 Å². The van der Waals surface area contributed by atoms with Crippen molar-refractivity contribution in [1.29, 1.82) is 0 Å². The molecule has 0 radical (unpaired) electrons. The minimum atomic E-state index is -0.253. The van der Waals surface area contributed by atoms with Gasteiger partial charge >= 0.3 is 0 Å². The van der Waals surface area contributed by atoms with Crippen LogP contribution in [0.15, 0.2) is 28.9 Å². The minimum absolute atomic E-state index is 0.253. The molecule has 0 N–H and O–H groups in total. The summed E-state index contributed by atoms with van der Waals surface area (Å²) < 4.78 is 19.7. The fraction of sp³-hybridized carbons (Fsp3) is 0.353. The summed E-state index contributed by atoms with van der Waals surface area (Å²) >= 11 is 0. The van der Waals surface area contributed by atoms with Gasteiger partial charge < -0.3 is 0 Å². The lowest BCUT2D eigenvalue weighted by molar-refractivity contribution is 0.279. The van der Waals surface area contributed by atoms with E-state index >= 15 is 0 Å². The molecule has 1 aromatic carbocycles. The van der Waals surface area contributed by atoms with Crippen molar-refractivity contribution in [3.8, 4) is 5.69 Å². The Kier molecular flexibility index (Phi) is 4.44. The highest BCUT2D eigenvalue weighted by Gasteiger charge is 2.16. The molecule has 0 aliphatic rings. The first kappa shape index (κ1) is 16.3. The van der Waals surface area contributed by atoms with Gasteiger partial charge in [0.2, 0.25) is 0 Å². The van der Waals surface area contributed by atoms with E-state index in [4.69, 9.17) is 4.63 Å². The molecule has 24 heavy (non-hydrogen) atoms. The molecule has 3 rings (SSSR count). The molecule has 2 heterocycles. The summed E-state index contributed by atoms with van der Waals surface area (Å²) in [7, 11) is 2.02. The predicted octanol–water partition coefficient (Wildman–Crippen LogP) is 2.95. The van der Waals surface area contributed by atoms with E-state index in [1.165, 1.54) is 12.1 Å². The van der Waals surface area contributed by atoms with Crippen molar-refractivity contribution in [3.05, 3.63) is 58.4 Å². The number of rotatable bonds is 5. The highest BCUT2D eigenvalue weighted by Crippen LogP contribution is 2.20. The van der Waals surface area contributed by atoms with Gasteiger partial charge in [0.1, 0.15) is 17.2 Å². The molecule has 126 valence electrons. The fourth-order valence-corrected chi connectivity index (χ4v) is 2.71. The maximum atomic E-state index is 13.1. The molecule has 0 fully saturated rings. The van der Waals surface area contributed by atoms with Gasteiger partial charge in [-0.05, 0) is 52.1 Å². The van der Waals surface area contributed by atoms with Gasteiger partial charge in [0.05, 0.1) is 11.4 Å². The molecular weight excluding hydrogens is 309 g/mol. The van der Waals surface area contributed by atoms with Crippen molar-refractivity contribution < 1.29 is 9.02 Å². The van der Waals surface area contributed by atoms with E-state index in [1.807, 2.05) is 32.5 Å². The van der Waals surface area contributed by atoms with Crippen molar-refractivity contribution in [2.45, 2.75) is 33.9 Å². The SMILES string of the molecule is Cc1nonc1CN(C)Cc1c(C)nn(-c2ccc(F)cc2)c1C. The number of hydrogen-bond acceptors (Lipinski definition) is 5. The second-order valence-corrected chi connectivity index (χ2v) is 6.01. The molecule has 7 heteroatoms. The average molecular weight is 329 g/mol. The number of aryl methyl sites for hydroxylation is 2. The monoisotopic (exact) mass is 329 g/mol. The number of halogens is 1. The summed E-state index contributed by atoms with van der Waals surface area (Å²) in [6.45, 7) is 7.26. The van der Waals surface area contributed by atoms with Gasteiger partial charge in [-0.2, -0.15) is 5.10 Å². The zero-order valence-corrected chi connectivity index (χ0v) is 14.2. The molecule has 0 saturated carbocycles.